The lowest BCUT2D eigenvalue weighted by Gasteiger charge is -2.13. The third-order valence-corrected chi connectivity index (χ3v) is 4.16. The van der Waals surface area contributed by atoms with Gasteiger partial charge in [-0.2, -0.15) is 13.2 Å². The molecule has 0 fully saturated rings. The Morgan fingerprint density at radius 1 is 1.19 bits per heavy atom. The van der Waals surface area contributed by atoms with Gasteiger partial charge in [-0.1, -0.05) is 18.2 Å². The van der Waals surface area contributed by atoms with Gasteiger partial charge in [0.15, 0.2) is 12.6 Å². The summed E-state index contributed by atoms with van der Waals surface area (Å²) < 4.78 is 41.4. The maximum absolute atomic E-state index is 12.2. The van der Waals surface area contributed by atoms with Gasteiger partial charge in [0.25, 0.3) is 0 Å². The van der Waals surface area contributed by atoms with E-state index in [9.17, 15) is 13.2 Å². The molecular weight excluding hydrogens is 478 g/mol. The second kappa shape index (κ2) is 11.3. The topological polar surface area (TPSA) is 45.7 Å². The van der Waals surface area contributed by atoms with E-state index < -0.39 is 12.8 Å². The zero-order valence-electron chi connectivity index (χ0n) is 14.2. The Hall–Kier alpha value is -1.49. The number of ether oxygens (including phenoxy) is 1. The van der Waals surface area contributed by atoms with Gasteiger partial charge in [0, 0.05) is 25.0 Å². The average molecular weight is 499 g/mol. The maximum Gasteiger partial charge on any atom is 0.422 e. The van der Waals surface area contributed by atoms with Crippen LogP contribution in [0.4, 0.5) is 13.2 Å². The fourth-order valence-corrected chi connectivity index (χ4v) is 2.78. The van der Waals surface area contributed by atoms with Gasteiger partial charge in [-0.15, -0.1) is 35.3 Å². The number of thiophene rings is 1. The molecule has 2 N–H and O–H groups in total. The molecular formula is C17H21F3IN3OS. The molecule has 2 rings (SSSR count). The number of nitrogens with one attached hydrogen (secondary N) is 2. The molecule has 2 aromatic rings. The number of benzene rings is 1. The summed E-state index contributed by atoms with van der Waals surface area (Å²) in [7, 11) is 1.67. The average Bonchev–Trinajstić information content (AvgIpc) is 3.09. The second-order valence-electron chi connectivity index (χ2n) is 5.23. The minimum absolute atomic E-state index is 0. The van der Waals surface area contributed by atoms with Gasteiger partial charge in [0.2, 0.25) is 0 Å². The highest BCUT2D eigenvalue weighted by Gasteiger charge is 2.28. The van der Waals surface area contributed by atoms with Crippen molar-refractivity contribution in [2.75, 3.05) is 20.2 Å². The highest BCUT2D eigenvalue weighted by Crippen LogP contribution is 2.19. The smallest absolute Gasteiger partial charge is 0.422 e. The highest BCUT2D eigenvalue weighted by atomic mass is 127. The first-order valence-corrected chi connectivity index (χ1v) is 8.59. The molecule has 0 bridgehead atoms. The summed E-state index contributed by atoms with van der Waals surface area (Å²) >= 11 is 1.71. The number of rotatable bonds is 7. The molecule has 0 saturated carbocycles. The molecule has 0 unspecified atom stereocenters. The maximum atomic E-state index is 12.2. The van der Waals surface area contributed by atoms with Crippen LogP contribution in [-0.4, -0.2) is 32.3 Å². The molecule has 0 amide bonds. The number of alkyl halides is 3. The zero-order valence-corrected chi connectivity index (χ0v) is 17.3. The molecule has 144 valence electrons. The Labute approximate surface area is 171 Å². The van der Waals surface area contributed by atoms with Crippen molar-refractivity contribution in [3.63, 3.8) is 0 Å². The van der Waals surface area contributed by atoms with E-state index in [4.69, 9.17) is 4.74 Å². The first-order chi connectivity index (χ1) is 12.0. The van der Waals surface area contributed by atoms with Crippen LogP contribution in [0.2, 0.25) is 0 Å². The summed E-state index contributed by atoms with van der Waals surface area (Å²) in [5.41, 5.74) is 0.806. The van der Waals surface area contributed by atoms with Crippen LogP contribution in [0.15, 0.2) is 46.8 Å². The van der Waals surface area contributed by atoms with Crippen LogP contribution in [0.25, 0.3) is 0 Å². The van der Waals surface area contributed by atoms with Crippen molar-refractivity contribution in [2.45, 2.75) is 19.1 Å². The normalized spacial score (nSPS) is 11.6. The zero-order chi connectivity index (χ0) is 18.1. The third-order valence-electron chi connectivity index (χ3n) is 3.23. The number of aliphatic imine (C=N–C) groups is 1. The number of hydrogen-bond donors (Lipinski definition) is 2. The molecule has 0 aliphatic carbocycles. The standard InChI is InChI=1S/C17H20F3N3OS.HI/c1-21-16(22-8-7-15-6-3-9-25-15)23-11-13-4-2-5-14(10-13)24-12-17(18,19)20;/h2-6,9-10H,7-8,11-12H2,1H3,(H2,21,22,23);1H. The van der Waals surface area contributed by atoms with Gasteiger partial charge < -0.3 is 15.4 Å². The van der Waals surface area contributed by atoms with E-state index in [1.807, 2.05) is 17.5 Å². The summed E-state index contributed by atoms with van der Waals surface area (Å²) in [5.74, 6) is 0.829. The quantitative estimate of drug-likeness (QED) is 0.341. The van der Waals surface area contributed by atoms with Gasteiger partial charge in [-0.3, -0.25) is 4.99 Å². The molecule has 0 atom stereocenters. The van der Waals surface area contributed by atoms with Crippen LogP contribution in [-0.2, 0) is 13.0 Å². The molecule has 1 aromatic carbocycles. The summed E-state index contributed by atoms with van der Waals surface area (Å²) in [6, 6.07) is 10.7. The van der Waals surface area contributed by atoms with E-state index in [-0.39, 0.29) is 29.7 Å². The Morgan fingerprint density at radius 2 is 2.00 bits per heavy atom. The second-order valence-corrected chi connectivity index (χ2v) is 6.27. The van der Waals surface area contributed by atoms with E-state index in [1.54, 1.807) is 30.5 Å². The summed E-state index contributed by atoms with van der Waals surface area (Å²) in [4.78, 5) is 5.42. The van der Waals surface area contributed by atoms with Crippen molar-refractivity contribution < 1.29 is 17.9 Å². The molecule has 1 aromatic heterocycles. The number of guanidine groups is 1. The van der Waals surface area contributed by atoms with Gasteiger partial charge in [-0.05, 0) is 35.6 Å². The van der Waals surface area contributed by atoms with E-state index >= 15 is 0 Å². The summed E-state index contributed by atoms with van der Waals surface area (Å²) in [5, 5.41) is 8.37. The summed E-state index contributed by atoms with van der Waals surface area (Å²) in [6.07, 6.45) is -3.44. The van der Waals surface area contributed by atoms with Gasteiger partial charge in [0.1, 0.15) is 5.75 Å². The van der Waals surface area contributed by atoms with Gasteiger partial charge in [-0.25, -0.2) is 0 Å². The molecule has 0 saturated heterocycles. The monoisotopic (exact) mass is 499 g/mol. The van der Waals surface area contributed by atoms with E-state index in [0.29, 0.717) is 12.5 Å². The molecule has 0 aliphatic rings. The lowest BCUT2D eigenvalue weighted by Crippen LogP contribution is -2.37. The van der Waals surface area contributed by atoms with Crippen LogP contribution in [0.3, 0.4) is 0 Å². The van der Waals surface area contributed by atoms with E-state index in [1.165, 1.54) is 10.9 Å². The van der Waals surface area contributed by atoms with E-state index in [0.717, 1.165) is 18.5 Å². The Bertz CT molecular complexity index is 678. The lowest BCUT2D eigenvalue weighted by molar-refractivity contribution is -0.153. The molecule has 0 radical (unpaired) electrons. The number of nitrogens with zero attached hydrogens (tertiary/aromatic N) is 1. The molecule has 4 nitrogen and oxygen atoms in total. The van der Waals surface area contributed by atoms with Gasteiger partial charge >= 0.3 is 6.18 Å². The first-order valence-electron chi connectivity index (χ1n) is 7.71. The Balaban J connectivity index is 0.00000338. The molecule has 1 heterocycles. The fourth-order valence-electron chi connectivity index (χ4n) is 2.08. The van der Waals surface area contributed by atoms with Crippen molar-refractivity contribution in [1.29, 1.82) is 0 Å². The minimum Gasteiger partial charge on any atom is -0.484 e. The molecule has 26 heavy (non-hydrogen) atoms. The highest BCUT2D eigenvalue weighted by molar-refractivity contribution is 14.0. The van der Waals surface area contributed by atoms with Crippen LogP contribution in [0.5, 0.6) is 5.75 Å². The lowest BCUT2D eigenvalue weighted by atomic mass is 10.2. The van der Waals surface area contributed by atoms with Crippen molar-refractivity contribution >= 4 is 41.3 Å². The third kappa shape index (κ3) is 8.75. The van der Waals surface area contributed by atoms with Crippen LogP contribution in [0.1, 0.15) is 10.4 Å². The summed E-state index contributed by atoms with van der Waals surface area (Å²) in [6.45, 7) is -0.118. The largest absolute Gasteiger partial charge is 0.484 e. The van der Waals surface area contributed by atoms with Crippen LogP contribution in [0, 0.1) is 0 Å². The number of hydrogen-bond acceptors (Lipinski definition) is 3. The van der Waals surface area contributed by atoms with Crippen LogP contribution < -0.4 is 15.4 Å². The van der Waals surface area contributed by atoms with Crippen molar-refractivity contribution in [3.8, 4) is 5.75 Å². The van der Waals surface area contributed by atoms with Crippen molar-refractivity contribution in [1.82, 2.24) is 10.6 Å². The van der Waals surface area contributed by atoms with Crippen molar-refractivity contribution in [3.05, 3.63) is 52.2 Å². The minimum atomic E-state index is -4.34. The first kappa shape index (κ1) is 22.6. The Morgan fingerprint density at radius 3 is 2.65 bits per heavy atom. The Kier molecular flexibility index (Phi) is 9.78. The van der Waals surface area contributed by atoms with Crippen molar-refractivity contribution in [2.24, 2.45) is 4.99 Å². The SMILES string of the molecule is CN=C(NCCc1cccs1)NCc1cccc(OCC(F)(F)F)c1.I. The van der Waals surface area contributed by atoms with E-state index in [2.05, 4.69) is 21.7 Å². The molecule has 0 spiro atoms. The predicted octanol–water partition coefficient (Wildman–Crippen LogP) is 4.21. The molecule has 9 heteroatoms. The van der Waals surface area contributed by atoms with Gasteiger partial charge in [0.05, 0.1) is 0 Å². The number of halogens is 4. The predicted molar refractivity (Wildman–Crippen MR) is 110 cm³/mol. The molecule has 0 aliphatic heterocycles. The van der Waals surface area contributed by atoms with Crippen LogP contribution >= 0.6 is 35.3 Å². The fraction of sp³-hybridized carbons (Fsp3) is 0.353.